The van der Waals surface area contributed by atoms with Gasteiger partial charge < -0.3 is 5.11 Å². The quantitative estimate of drug-likeness (QED) is 0.894. The predicted octanol–water partition coefficient (Wildman–Crippen LogP) is 2.21. The van der Waals surface area contributed by atoms with Crippen molar-refractivity contribution in [2.75, 3.05) is 0 Å². The van der Waals surface area contributed by atoms with E-state index in [4.69, 9.17) is 5.11 Å². The Morgan fingerprint density at radius 1 is 1.37 bits per heavy atom. The molecule has 0 aliphatic heterocycles. The van der Waals surface area contributed by atoms with Gasteiger partial charge in [0.1, 0.15) is 0 Å². The Hall–Kier alpha value is -2.17. The Morgan fingerprint density at radius 3 is 2.68 bits per heavy atom. The lowest BCUT2D eigenvalue weighted by atomic mass is 10.1. The van der Waals surface area contributed by atoms with Crippen LogP contribution in [0, 0.1) is 6.92 Å². The smallest absolute Gasteiger partial charge is 0.303 e. The maximum absolute atomic E-state index is 10.6. The molecule has 0 fully saturated rings. The van der Waals surface area contributed by atoms with Crippen molar-refractivity contribution in [3.63, 3.8) is 0 Å². The average Bonchev–Trinajstić information content (AvgIpc) is 2.78. The largest absolute Gasteiger partial charge is 0.481 e. The molecule has 2 aromatic rings. The number of carboxylic acid groups (broad SMARTS) is 1. The van der Waals surface area contributed by atoms with Crippen molar-refractivity contribution in [3.8, 4) is 0 Å². The van der Waals surface area contributed by atoms with E-state index >= 15 is 0 Å². The van der Waals surface area contributed by atoms with E-state index in [9.17, 15) is 4.79 Å². The van der Waals surface area contributed by atoms with Gasteiger partial charge in [-0.3, -0.25) is 4.79 Å². The summed E-state index contributed by atoms with van der Waals surface area (Å²) in [6.07, 6.45) is 0.502. The van der Waals surface area contributed by atoms with Gasteiger partial charge in [-0.05, 0) is 19.4 Å². The Labute approximate surface area is 111 Å². The molecule has 5 nitrogen and oxygen atoms in total. The molecule has 0 spiro atoms. The highest BCUT2D eigenvalue weighted by molar-refractivity contribution is 5.67. The summed E-state index contributed by atoms with van der Waals surface area (Å²) in [7, 11) is 0. The van der Waals surface area contributed by atoms with Crippen LogP contribution in [0.2, 0.25) is 0 Å². The highest BCUT2D eigenvalue weighted by Gasteiger charge is 2.15. The monoisotopic (exact) mass is 259 g/mol. The highest BCUT2D eigenvalue weighted by atomic mass is 16.4. The van der Waals surface area contributed by atoms with E-state index in [-0.39, 0.29) is 12.5 Å². The fourth-order valence-electron chi connectivity index (χ4n) is 2.07. The zero-order valence-corrected chi connectivity index (χ0v) is 11.1. The molecular weight excluding hydrogens is 242 g/mol. The number of nitrogens with zero attached hydrogens (tertiary/aromatic N) is 3. The summed E-state index contributed by atoms with van der Waals surface area (Å²) in [5, 5.41) is 16.9. The maximum Gasteiger partial charge on any atom is 0.303 e. The van der Waals surface area contributed by atoms with Crippen molar-refractivity contribution in [1.29, 1.82) is 0 Å². The number of aliphatic carboxylic acids is 1. The van der Waals surface area contributed by atoms with Gasteiger partial charge in [-0.2, -0.15) is 0 Å². The number of aryl methyl sites for hydroxylation is 1. The fourth-order valence-corrected chi connectivity index (χ4v) is 2.07. The van der Waals surface area contributed by atoms with Crippen molar-refractivity contribution >= 4 is 5.97 Å². The molecule has 5 heteroatoms. The Balaban J connectivity index is 2.20. The Kier molecular flexibility index (Phi) is 3.94. The number of rotatable bonds is 5. The van der Waals surface area contributed by atoms with E-state index < -0.39 is 5.97 Å². The summed E-state index contributed by atoms with van der Waals surface area (Å²) >= 11 is 0. The van der Waals surface area contributed by atoms with Gasteiger partial charge in [-0.1, -0.05) is 35.5 Å². The number of hydrogen-bond acceptors (Lipinski definition) is 3. The number of carboxylic acids is 1. The van der Waals surface area contributed by atoms with E-state index in [0.29, 0.717) is 6.42 Å². The molecule has 0 saturated heterocycles. The lowest BCUT2D eigenvalue weighted by molar-refractivity contribution is -0.136. The number of hydrogen-bond donors (Lipinski definition) is 1. The lowest BCUT2D eigenvalue weighted by Gasteiger charge is -2.13. The van der Waals surface area contributed by atoms with Gasteiger partial charge in [-0.15, -0.1) is 5.10 Å². The van der Waals surface area contributed by atoms with Crippen LogP contribution in [0.1, 0.15) is 36.3 Å². The molecule has 19 heavy (non-hydrogen) atoms. The Bertz CT molecular complexity index is 563. The second-order valence-corrected chi connectivity index (χ2v) is 4.55. The number of aromatic nitrogens is 3. The third kappa shape index (κ3) is 2.99. The first-order chi connectivity index (χ1) is 9.09. The zero-order valence-electron chi connectivity index (χ0n) is 11.1. The summed E-state index contributed by atoms with van der Waals surface area (Å²) in [5.41, 5.74) is 2.84. The van der Waals surface area contributed by atoms with Crippen LogP contribution in [0.15, 0.2) is 30.3 Å². The molecule has 1 aromatic heterocycles. The predicted molar refractivity (Wildman–Crippen MR) is 71.0 cm³/mol. The van der Waals surface area contributed by atoms with Crippen molar-refractivity contribution in [1.82, 2.24) is 15.0 Å². The maximum atomic E-state index is 10.6. The molecule has 2 rings (SSSR count). The van der Waals surface area contributed by atoms with Gasteiger partial charge in [0.2, 0.25) is 0 Å². The molecule has 100 valence electrons. The van der Waals surface area contributed by atoms with E-state index in [1.54, 1.807) is 0 Å². The molecular formula is C14H17N3O2. The number of carbonyl (C=O) groups is 1. The standard InChI is InChI=1S/C14H17N3O2/c1-10(12-6-4-3-5-7-12)17-11(2)13(15-16-17)8-9-14(18)19/h3-7,10H,8-9H2,1-2H3,(H,18,19). The highest BCUT2D eigenvalue weighted by Crippen LogP contribution is 2.19. The van der Waals surface area contributed by atoms with Crippen LogP contribution >= 0.6 is 0 Å². The lowest BCUT2D eigenvalue weighted by Crippen LogP contribution is -2.10. The summed E-state index contributed by atoms with van der Waals surface area (Å²) in [5.74, 6) is -0.815. The Morgan fingerprint density at radius 2 is 2.05 bits per heavy atom. The minimum absolute atomic E-state index is 0.0826. The van der Waals surface area contributed by atoms with Gasteiger partial charge >= 0.3 is 5.97 Å². The first-order valence-corrected chi connectivity index (χ1v) is 6.27. The second-order valence-electron chi connectivity index (χ2n) is 4.55. The van der Waals surface area contributed by atoms with Crippen LogP contribution in [0.4, 0.5) is 0 Å². The van der Waals surface area contributed by atoms with E-state index in [1.165, 1.54) is 0 Å². The molecule has 0 radical (unpaired) electrons. The molecule has 1 atom stereocenters. The molecule has 0 saturated carbocycles. The van der Waals surface area contributed by atoms with E-state index in [0.717, 1.165) is 17.0 Å². The van der Waals surface area contributed by atoms with Crippen molar-refractivity contribution < 1.29 is 9.90 Å². The summed E-state index contributed by atoms with van der Waals surface area (Å²) in [6, 6.07) is 10.1. The summed E-state index contributed by atoms with van der Waals surface area (Å²) < 4.78 is 1.84. The average molecular weight is 259 g/mol. The summed E-state index contributed by atoms with van der Waals surface area (Å²) in [6.45, 7) is 3.98. The van der Waals surface area contributed by atoms with Gasteiger partial charge in [0.05, 0.1) is 23.9 Å². The van der Waals surface area contributed by atoms with E-state index in [1.807, 2.05) is 41.9 Å². The molecule has 1 heterocycles. The minimum Gasteiger partial charge on any atom is -0.481 e. The van der Waals surface area contributed by atoms with Crippen molar-refractivity contribution in [3.05, 3.63) is 47.3 Å². The molecule has 0 bridgehead atoms. The first-order valence-electron chi connectivity index (χ1n) is 6.27. The first kappa shape index (κ1) is 13.3. The third-order valence-electron chi connectivity index (χ3n) is 3.25. The molecule has 1 N–H and O–H groups in total. The third-order valence-corrected chi connectivity index (χ3v) is 3.25. The summed E-state index contributed by atoms with van der Waals surface area (Å²) in [4.78, 5) is 10.6. The molecule has 0 aliphatic carbocycles. The topological polar surface area (TPSA) is 68.0 Å². The molecule has 1 unspecified atom stereocenters. The molecule has 0 amide bonds. The second kappa shape index (κ2) is 5.65. The van der Waals surface area contributed by atoms with Crippen molar-refractivity contribution in [2.24, 2.45) is 0 Å². The van der Waals surface area contributed by atoms with Crippen LogP contribution < -0.4 is 0 Å². The number of benzene rings is 1. The van der Waals surface area contributed by atoms with E-state index in [2.05, 4.69) is 17.2 Å². The van der Waals surface area contributed by atoms with Crippen LogP contribution in [0.3, 0.4) is 0 Å². The van der Waals surface area contributed by atoms with Crippen LogP contribution in [-0.4, -0.2) is 26.1 Å². The molecule has 1 aromatic carbocycles. The van der Waals surface area contributed by atoms with Gasteiger partial charge in [0, 0.05) is 6.42 Å². The molecule has 0 aliphatic rings. The van der Waals surface area contributed by atoms with Crippen LogP contribution in [-0.2, 0) is 11.2 Å². The van der Waals surface area contributed by atoms with Crippen LogP contribution in [0.25, 0.3) is 0 Å². The van der Waals surface area contributed by atoms with Crippen LogP contribution in [0.5, 0.6) is 0 Å². The van der Waals surface area contributed by atoms with Gasteiger partial charge in [-0.25, -0.2) is 4.68 Å². The van der Waals surface area contributed by atoms with Gasteiger partial charge in [0.25, 0.3) is 0 Å². The SMILES string of the molecule is Cc1c(CCC(=O)O)nnn1C(C)c1ccccc1. The zero-order chi connectivity index (χ0) is 13.8. The van der Waals surface area contributed by atoms with Crippen molar-refractivity contribution in [2.45, 2.75) is 32.7 Å². The van der Waals surface area contributed by atoms with Gasteiger partial charge in [0.15, 0.2) is 0 Å². The fraction of sp³-hybridized carbons (Fsp3) is 0.357. The normalized spacial score (nSPS) is 12.3. The minimum atomic E-state index is -0.815.